The van der Waals surface area contributed by atoms with Gasteiger partial charge in [-0.1, -0.05) is 45.0 Å². The lowest BCUT2D eigenvalue weighted by molar-refractivity contribution is 0.440. The van der Waals surface area contributed by atoms with E-state index in [1.807, 2.05) is 24.3 Å². The van der Waals surface area contributed by atoms with Crippen LogP contribution in [0.1, 0.15) is 26.3 Å². The number of hydrogen-bond acceptors (Lipinski definition) is 3. The summed E-state index contributed by atoms with van der Waals surface area (Å²) in [5, 5.41) is 0. The number of benzene rings is 1. The van der Waals surface area contributed by atoms with Crippen molar-refractivity contribution in [2.75, 3.05) is 5.73 Å². The zero-order valence-electron chi connectivity index (χ0n) is 11.0. The number of aromatic nitrogens is 1. The quantitative estimate of drug-likeness (QED) is 0.872. The van der Waals surface area contributed by atoms with Crippen LogP contribution in [-0.4, -0.2) is 4.98 Å². The van der Waals surface area contributed by atoms with Crippen molar-refractivity contribution < 1.29 is 4.74 Å². The molecule has 0 saturated heterocycles. The maximum atomic E-state index is 5.83. The van der Waals surface area contributed by atoms with Gasteiger partial charge in [-0.15, -0.1) is 0 Å². The van der Waals surface area contributed by atoms with Crippen LogP contribution in [0.15, 0.2) is 42.5 Å². The predicted molar refractivity (Wildman–Crippen MR) is 73.9 cm³/mol. The van der Waals surface area contributed by atoms with E-state index in [1.54, 1.807) is 12.1 Å². The SMILES string of the molecule is CC(C)(C)c1ccccc1Oc1cccc(N)n1. The number of nitrogens with two attached hydrogens (primary N) is 1. The van der Waals surface area contributed by atoms with Crippen molar-refractivity contribution in [1.29, 1.82) is 0 Å². The summed E-state index contributed by atoms with van der Waals surface area (Å²) in [5.41, 5.74) is 6.82. The van der Waals surface area contributed by atoms with Crippen molar-refractivity contribution >= 4 is 5.82 Å². The van der Waals surface area contributed by atoms with Gasteiger partial charge in [-0.05, 0) is 17.5 Å². The molecular weight excluding hydrogens is 224 g/mol. The van der Waals surface area contributed by atoms with Gasteiger partial charge < -0.3 is 10.5 Å². The second kappa shape index (κ2) is 4.69. The second-order valence-corrected chi connectivity index (χ2v) is 5.25. The molecule has 18 heavy (non-hydrogen) atoms. The lowest BCUT2D eigenvalue weighted by Gasteiger charge is -2.22. The molecule has 0 bridgehead atoms. The van der Waals surface area contributed by atoms with Crippen LogP contribution in [-0.2, 0) is 5.41 Å². The summed E-state index contributed by atoms with van der Waals surface area (Å²) in [6, 6.07) is 13.4. The Morgan fingerprint density at radius 2 is 1.72 bits per heavy atom. The van der Waals surface area contributed by atoms with Crippen LogP contribution >= 0.6 is 0 Å². The Morgan fingerprint density at radius 3 is 2.39 bits per heavy atom. The first-order valence-electron chi connectivity index (χ1n) is 5.97. The highest BCUT2D eigenvalue weighted by molar-refractivity contribution is 5.41. The molecule has 0 aliphatic heterocycles. The van der Waals surface area contributed by atoms with Gasteiger partial charge in [0.05, 0.1) is 0 Å². The third-order valence-electron chi connectivity index (χ3n) is 2.65. The van der Waals surface area contributed by atoms with Crippen LogP contribution in [0.5, 0.6) is 11.6 Å². The molecular formula is C15H18N2O. The van der Waals surface area contributed by atoms with Crippen molar-refractivity contribution in [2.24, 2.45) is 0 Å². The van der Waals surface area contributed by atoms with E-state index in [9.17, 15) is 0 Å². The minimum atomic E-state index is 0.0247. The molecule has 2 aromatic rings. The van der Waals surface area contributed by atoms with E-state index in [0.717, 1.165) is 11.3 Å². The zero-order valence-corrected chi connectivity index (χ0v) is 11.0. The molecule has 3 heteroatoms. The van der Waals surface area contributed by atoms with Crippen LogP contribution in [0.4, 0.5) is 5.82 Å². The largest absolute Gasteiger partial charge is 0.439 e. The van der Waals surface area contributed by atoms with E-state index in [1.165, 1.54) is 0 Å². The van der Waals surface area contributed by atoms with E-state index in [4.69, 9.17) is 10.5 Å². The molecule has 3 nitrogen and oxygen atoms in total. The summed E-state index contributed by atoms with van der Waals surface area (Å²) < 4.78 is 5.83. The summed E-state index contributed by atoms with van der Waals surface area (Å²) in [4.78, 5) is 4.15. The van der Waals surface area contributed by atoms with Crippen LogP contribution in [0.25, 0.3) is 0 Å². The maximum absolute atomic E-state index is 5.83. The molecule has 1 heterocycles. The molecule has 0 unspecified atom stereocenters. The normalized spacial score (nSPS) is 11.3. The molecule has 0 radical (unpaired) electrons. The van der Waals surface area contributed by atoms with Crippen molar-refractivity contribution in [3.8, 4) is 11.6 Å². The van der Waals surface area contributed by atoms with E-state index in [0.29, 0.717) is 11.7 Å². The molecule has 0 aliphatic carbocycles. The lowest BCUT2D eigenvalue weighted by Crippen LogP contribution is -2.12. The van der Waals surface area contributed by atoms with E-state index >= 15 is 0 Å². The summed E-state index contributed by atoms with van der Waals surface area (Å²) in [5.74, 6) is 1.80. The van der Waals surface area contributed by atoms with E-state index < -0.39 is 0 Å². The third kappa shape index (κ3) is 2.80. The highest BCUT2D eigenvalue weighted by Gasteiger charge is 2.18. The Balaban J connectivity index is 2.35. The van der Waals surface area contributed by atoms with Crippen LogP contribution in [0.2, 0.25) is 0 Å². The number of rotatable bonds is 2. The smallest absolute Gasteiger partial charge is 0.221 e. The highest BCUT2D eigenvalue weighted by atomic mass is 16.5. The number of ether oxygens (including phenoxy) is 1. The minimum Gasteiger partial charge on any atom is -0.439 e. The Hall–Kier alpha value is -2.03. The average Bonchev–Trinajstić information content (AvgIpc) is 2.28. The standard InChI is InChI=1S/C15H18N2O/c1-15(2,3)11-7-4-5-8-12(11)18-14-10-6-9-13(16)17-14/h4-10H,1-3H3,(H2,16,17). The monoisotopic (exact) mass is 242 g/mol. The van der Waals surface area contributed by atoms with Crippen molar-refractivity contribution in [2.45, 2.75) is 26.2 Å². The van der Waals surface area contributed by atoms with Gasteiger partial charge in [0.2, 0.25) is 5.88 Å². The van der Waals surface area contributed by atoms with Crippen LogP contribution in [0.3, 0.4) is 0 Å². The minimum absolute atomic E-state index is 0.0247. The molecule has 0 saturated carbocycles. The molecule has 0 atom stereocenters. The number of para-hydroxylation sites is 1. The van der Waals surface area contributed by atoms with Gasteiger partial charge in [0.1, 0.15) is 11.6 Å². The summed E-state index contributed by atoms with van der Waals surface area (Å²) >= 11 is 0. The zero-order chi connectivity index (χ0) is 13.2. The molecule has 0 aliphatic rings. The van der Waals surface area contributed by atoms with Crippen LogP contribution in [0, 0.1) is 0 Å². The first-order valence-corrected chi connectivity index (χ1v) is 5.97. The Bertz CT molecular complexity index is 544. The maximum Gasteiger partial charge on any atom is 0.221 e. The van der Waals surface area contributed by atoms with E-state index in [2.05, 4.69) is 31.8 Å². The van der Waals surface area contributed by atoms with E-state index in [-0.39, 0.29) is 5.41 Å². The fourth-order valence-corrected chi connectivity index (χ4v) is 1.78. The van der Waals surface area contributed by atoms with Gasteiger partial charge in [0, 0.05) is 11.6 Å². The fraction of sp³-hybridized carbons (Fsp3) is 0.267. The molecule has 94 valence electrons. The first-order chi connectivity index (χ1) is 8.47. The van der Waals surface area contributed by atoms with Gasteiger partial charge in [-0.3, -0.25) is 0 Å². The topological polar surface area (TPSA) is 48.1 Å². The Morgan fingerprint density at radius 1 is 1.00 bits per heavy atom. The van der Waals surface area contributed by atoms with Crippen molar-refractivity contribution in [3.05, 3.63) is 48.0 Å². The predicted octanol–water partition coefficient (Wildman–Crippen LogP) is 3.75. The molecule has 1 aromatic heterocycles. The lowest BCUT2D eigenvalue weighted by atomic mass is 9.86. The summed E-state index contributed by atoms with van der Waals surface area (Å²) in [6.45, 7) is 6.46. The molecule has 2 rings (SSSR count). The summed E-state index contributed by atoms with van der Waals surface area (Å²) in [6.07, 6.45) is 0. The van der Waals surface area contributed by atoms with Gasteiger partial charge in [-0.2, -0.15) is 4.98 Å². The Kier molecular flexibility index (Phi) is 3.24. The average molecular weight is 242 g/mol. The molecule has 1 aromatic carbocycles. The summed E-state index contributed by atoms with van der Waals surface area (Å²) in [7, 11) is 0. The molecule has 2 N–H and O–H groups in total. The number of nitrogen functional groups attached to an aromatic ring is 1. The molecule has 0 amide bonds. The number of pyridine rings is 1. The second-order valence-electron chi connectivity index (χ2n) is 5.25. The highest BCUT2D eigenvalue weighted by Crippen LogP contribution is 2.33. The third-order valence-corrected chi connectivity index (χ3v) is 2.65. The number of hydrogen-bond donors (Lipinski definition) is 1. The fourth-order valence-electron chi connectivity index (χ4n) is 1.78. The van der Waals surface area contributed by atoms with Gasteiger partial charge in [0.25, 0.3) is 0 Å². The van der Waals surface area contributed by atoms with Crippen LogP contribution < -0.4 is 10.5 Å². The van der Waals surface area contributed by atoms with Gasteiger partial charge in [0.15, 0.2) is 0 Å². The Labute approximate surface area is 108 Å². The van der Waals surface area contributed by atoms with Gasteiger partial charge in [-0.25, -0.2) is 0 Å². The van der Waals surface area contributed by atoms with Crippen molar-refractivity contribution in [3.63, 3.8) is 0 Å². The van der Waals surface area contributed by atoms with Crippen molar-refractivity contribution in [1.82, 2.24) is 4.98 Å². The first kappa shape index (κ1) is 12.4. The molecule has 0 fully saturated rings. The number of nitrogens with zero attached hydrogens (tertiary/aromatic N) is 1. The molecule has 0 spiro atoms. The number of anilines is 1. The van der Waals surface area contributed by atoms with Gasteiger partial charge >= 0.3 is 0 Å².